The minimum Gasteiger partial charge on any atom is -0.481 e. The van der Waals surface area contributed by atoms with Crippen LogP contribution in [0.15, 0.2) is 42.7 Å². The van der Waals surface area contributed by atoms with Gasteiger partial charge in [-0.15, -0.1) is 0 Å². The normalized spacial score (nSPS) is 22.0. The molecule has 144 valence electrons. The largest absolute Gasteiger partial charge is 0.481 e. The van der Waals surface area contributed by atoms with Gasteiger partial charge in [0.25, 0.3) is 0 Å². The number of H-pyrrole nitrogens is 1. The maximum absolute atomic E-state index is 13.3. The van der Waals surface area contributed by atoms with Crippen LogP contribution in [-0.2, 0) is 11.3 Å². The van der Waals surface area contributed by atoms with Crippen LogP contribution < -0.4 is 9.64 Å². The summed E-state index contributed by atoms with van der Waals surface area (Å²) in [4.78, 5) is 29.5. The number of nitrogens with one attached hydrogen (secondary N) is 1. The Labute approximate surface area is 163 Å². The molecule has 1 aromatic carbocycles. The highest BCUT2D eigenvalue weighted by Gasteiger charge is 2.51. The van der Waals surface area contributed by atoms with E-state index in [2.05, 4.69) is 32.0 Å². The molecule has 4 heterocycles. The van der Waals surface area contributed by atoms with Crippen LogP contribution in [0.4, 0.5) is 5.95 Å². The van der Waals surface area contributed by atoms with Crippen LogP contribution in [0.5, 0.6) is 5.88 Å². The molecule has 2 aliphatic heterocycles. The fourth-order valence-electron chi connectivity index (χ4n) is 4.53. The van der Waals surface area contributed by atoms with Crippen LogP contribution in [0.3, 0.4) is 0 Å². The first-order chi connectivity index (χ1) is 13.7. The van der Waals surface area contributed by atoms with Gasteiger partial charge in [0.05, 0.1) is 12.5 Å². The minimum atomic E-state index is -0.321. The zero-order valence-corrected chi connectivity index (χ0v) is 15.9. The van der Waals surface area contributed by atoms with E-state index < -0.39 is 0 Å². The van der Waals surface area contributed by atoms with Crippen LogP contribution in [0.1, 0.15) is 18.4 Å². The molecule has 28 heavy (non-hydrogen) atoms. The molecule has 2 saturated heterocycles. The molecule has 1 atom stereocenters. The molecule has 0 bridgehead atoms. The number of likely N-dealkylation sites (tertiary alicyclic amines) is 1. The number of nitrogens with zero attached hydrogens (tertiary/aromatic N) is 4. The molecule has 3 aromatic rings. The van der Waals surface area contributed by atoms with Crippen molar-refractivity contribution in [3.63, 3.8) is 0 Å². The van der Waals surface area contributed by atoms with Gasteiger partial charge in [-0.1, -0.05) is 18.2 Å². The Bertz CT molecular complexity index is 1030. The van der Waals surface area contributed by atoms with Gasteiger partial charge in [0.1, 0.15) is 0 Å². The lowest BCUT2D eigenvalue weighted by molar-refractivity contribution is -0.135. The molecule has 0 radical (unpaired) electrons. The van der Waals surface area contributed by atoms with Crippen molar-refractivity contribution in [3.8, 4) is 5.88 Å². The number of anilines is 1. The van der Waals surface area contributed by atoms with Crippen molar-refractivity contribution in [2.45, 2.75) is 19.4 Å². The Morgan fingerprint density at radius 3 is 2.96 bits per heavy atom. The third-order valence-electron chi connectivity index (χ3n) is 6.10. The summed E-state index contributed by atoms with van der Waals surface area (Å²) in [5, 5.41) is 1.19. The first kappa shape index (κ1) is 17.0. The maximum Gasteiger partial charge on any atom is 0.231 e. The molecule has 0 aliphatic carbocycles. The highest BCUT2D eigenvalue weighted by molar-refractivity contribution is 5.88. The standard InChI is InChI=1S/C21H23N5O2/c1-28-18-6-9-22-20(24-18)26-11-8-21(14-26)7-10-25(19(21)27)13-15-12-23-17-5-3-2-4-16(15)17/h2-6,9,12,23H,7-8,10-11,13-14H2,1H3/t21-/m1/s1. The SMILES string of the molecule is COc1ccnc(N2CC[C@]3(CCN(Cc4c[nH]c5ccccc45)C3=O)C2)n1. The molecule has 1 N–H and O–H groups in total. The number of carbonyl (C=O) groups excluding carboxylic acids is 1. The van der Waals surface area contributed by atoms with Crippen molar-refractivity contribution in [2.75, 3.05) is 31.6 Å². The number of benzene rings is 1. The Morgan fingerprint density at radius 2 is 2.07 bits per heavy atom. The van der Waals surface area contributed by atoms with E-state index in [1.807, 2.05) is 23.2 Å². The molecule has 2 aliphatic rings. The Balaban J connectivity index is 1.33. The lowest BCUT2D eigenvalue weighted by Gasteiger charge is -2.23. The summed E-state index contributed by atoms with van der Waals surface area (Å²) in [6.07, 6.45) is 5.45. The van der Waals surface area contributed by atoms with Crippen molar-refractivity contribution in [1.29, 1.82) is 0 Å². The number of fused-ring (bicyclic) bond motifs is 1. The molecule has 1 spiro atoms. The first-order valence-corrected chi connectivity index (χ1v) is 9.65. The number of carbonyl (C=O) groups is 1. The van der Waals surface area contributed by atoms with E-state index in [1.165, 1.54) is 10.9 Å². The van der Waals surface area contributed by atoms with E-state index in [0.29, 0.717) is 24.9 Å². The molecule has 7 nitrogen and oxygen atoms in total. The second-order valence-electron chi connectivity index (χ2n) is 7.69. The third-order valence-corrected chi connectivity index (χ3v) is 6.10. The maximum atomic E-state index is 13.3. The summed E-state index contributed by atoms with van der Waals surface area (Å²) in [5.74, 6) is 1.44. The fourth-order valence-corrected chi connectivity index (χ4v) is 4.53. The molecule has 2 fully saturated rings. The van der Waals surface area contributed by atoms with Crippen LogP contribution in [0.2, 0.25) is 0 Å². The average Bonchev–Trinajstić information content (AvgIpc) is 3.43. The Hall–Kier alpha value is -3.09. The van der Waals surface area contributed by atoms with Crippen molar-refractivity contribution in [1.82, 2.24) is 19.9 Å². The predicted octanol–water partition coefficient (Wildman–Crippen LogP) is 2.60. The van der Waals surface area contributed by atoms with Crippen LogP contribution in [0, 0.1) is 5.41 Å². The number of hydrogen-bond donors (Lipinski definition) is 1. The number of aromatic amines is 1. The van der Waals surface area contributed by atoms with Crippen molar-refractivity contribution in [3.05, 3.63) is 48.3 Å². The second-order valence-corrected chi connectivity index (χ2v) is 7.69. The number of aromatic nitrogens is 3. The zero-order chi connectivity index (χ0) is 19.1. The number of ether oxygens (including phenoxy) is 1. The van der Waals surface area contributed by atoms with Crippen molar-refractivity contribution in [2.24, 2.45) is 5.41 Å². The van der Waals surface area contributed by atoms with Gasteiger partial charge in [-0.25, -0.2) is 4.98 Å². The second kappa shape index (κ2) is 6.51. The summed E-state index contributed by atoms with van der Waals surface area (Å²) in [7, 11) is 1.60. The van der Waals surface area contributed by atoms with Gasteiger partial charge in [0.15, 0.2) is 0 Å². The summed E-state index contributed by atoms with van der Waals surface area (Å²) < 4.78 is 5.21. The van der Waals surface area contributed by atoms with Crippen molar-refractivity contribution < 1.29 is 9.53 Å². The van der Waals surface area contributed by atoms with Gasteiger partial charge in [0.2, 0.25) is 17.7 Å². The molecular formula is C21H23N5O2. The molecule has 0 saturated carbocycles. The van der Waals surface area contributed by atoms with Gasteiger partial charge in [-0.2, -0.15) is 4.98 Å². The number of methoxy groups -OCH3 is 1. The van der Waals surface area contributed by atoms with E-state index in [0.717, 1.165) is 31.4 Å². The van der Waals surface area contributed by atoms with E-state index in [-0.39, 0.29) is 11.3 Å². The number of para-hydroxylation sites is 1. The Kier molecular flexibility index (Phi) is 3.96. The summed E-state index contributed by atoms with van der Waals surface area (Å²) in [6.45, 7) is 2.91. The lowest BCUT2D eigenvalue weighted by atomic mass is 9.85. The fraction of sp³-hybridized carbons (Fsp3) is 0.381. The van der Waals surface area contributed by atoms with E-state index in [4.69, 9.17) is 4.74 Å². The van der Waals surface area contributed by atoms with Crippen LogP contribution in [0.25, 0.3) is 10.9 Å². The summed E-state index contributed by atoms with van der Waals surface area (Å²) in [6, 6.07) is 9.96. The van der Waals surface area contributed by atoms with Gasteiger partial charge in [-0.05, 0) is 24.5 Å². The van der Waals surface area contributed by atoms with Crippen LogP contribution in [-0.4, -0.2) is 52.5 Å². The number of rotatable bonds is 4. The molecule has 7 heteroatoms. The van der Waals surface area contributed by atoms with Gasteiger partial charge in [-0.3, -0.25) is 4.79 Å². The van der Waals surface area contributed by atoms with Crippen molar-refractivity contribution >= 4 is 22.8 Å². The van der Waals surface area contributed by atoms with E-state index >= 15 is 0 Å². The molecule has 1 amide bonds. The predicted molar refractivity (Wildman–Crippen MR) is 106 cm³/mol. The van der Waals surface area contributed by atoms with E-state index in [1.54, 1.807) is 19.4 Å². The number of hydrogen-bond acceptors (Lipinski definition) is 5. The molecule has 0 unspecified atom stereocenters. The topological polar surface area (TPSA) is 74.3 Å². The minimum absolute atomic E-state index is 0.253. The summed E-state index contributed by atoms with van der Waals surface area (Å²) in [5.41, 5.74) is 1.96. The van der Waals surface area contributed by atoms with E-state index in [9.17, 15) is 4.79 Å². The highest BCUT2D eigenvalue weighted by Crippen LogP contribution is 2.42. The highest BCUT2D eigenvalue weighted by atomic mass is 16.5. The Morgan fingerprint density at radius 1 is 1.21 bits per heavy atom. The first-order valence-electron chi connectivity index (χ1n) is 9.65. The lowest BCUT2D eigenvalue weighted by Crippen LogP contribution is -2.37. The monoisotopic (exact) mass is 377 g/mol. The molecule has 5 rings (SSSR count). The van der Waals surface area contributed by atoms with Gasteiger partial charge < -0.3 is 19.5 Å². The molecule has 2 aromatic heterocycles. The van der Waals surface area contributed by atoms with Gasteiger partial charge >= 0.3 is 0 Å². The zero-order valence-electron chi connectivity index (χ0n) is 15.9. The average molecular weight is 377 g/mol. The number of amides is 1. The smallest absolute Gasteiger partial charge is 0.231 e. The molecular weight excluding hydrogens is 354 g/mol. The summed E-state index contributed by atoms with van der Waals surface area (Å²) >= 11 is 0. The third kappa shape index (κ3) is 2.69. The van der Waals surface area contributed by atoms with Gasteiger partial charge in [0, 0.05) is 55.5 Å². The quantitative estimate of drug-likeness (QED) is 0.756. The van der Waals surface area contributed by atoms with Crippen LogP contribution >= 0.6 is 0 Å².